The molecule has 4 heteroatoms. The molecule has 15 heavy (non-hydrogen) atoms. The number of amides is 1. The van der Waals surface area contributed by atoms with Crippen molar-refractivity contribution in [2.24, 2.45) is 0 Å². The van der Waals surface area contributed by atoms with Crippen molar-refractivity contribution in [2.75, 3.05) is 14.2 Å². The number of hydrogen-bond acceptors (Lipinski definition) is 3. The zero-order valence-electron chi connectivity index (χ0n) is 8.90. The Kier molecular flexibility index (Phi) is 4.80. The van der Waals surface area contributed by atoms with E-state index in [1.54, 1.807) is 7.05 Å². The molecule has 1 rings (SSSR count). The van der Waals surface area contributed by atoms with Crippen molar-refractivity contribution < 1.29 is 14.3 Å². The Morgan fingerprint density at radius 3 is 2.60 bits per heavy atom. The maximum absolute atomic E-state index is 11.2. The molecule has 1 amide bonds. The van der Waals surface area contributed by atoms with E-state index >= 15 is 0 Å². The first-order valence-corrected chi connectivity index (χ1v) is 4.68. The number of hydrogen-bond donors (Lipinski definition) is 1. The summed E-state index contributed by atoms with van der Waals surface area (Å²) < 4.78 is 10.2. The van der Waals surface area contributed by atoms with Crippen LogP contribution in [0.3, 0.4) is 0 Å². The Morgan fingerprint density at radius 2 is 2.07 bits per heavy atom. The van der Waals surface area contributed by atoms with Gasteiger partial charge in [0.15, 0.2) is 0 Å². The van der Waals surface area contributed by atoms with Crippen LogP contribution < -0.4 is 5.32 Å². The molecule has 0 saturated carbocycles. The number of carbonyl (C=O) groups excluding carboxylic acids is 1. The lowest BCUT2D eigenvalue weighted by Crippen LogP contribution is -2.35. The van der Waals surface area contributed by atoms with Gasteiger partial charge in [-0.2, -0.15) is 0 Å². The number of carbonyl (C=O) groups is 1. The van der Waals surface area contributed by atoms with Gasteiger partial charge in [0.25, 0.3) is 5.91 Å². The van der Waals surface area contributed by atoms with Gasteiger partial charge in [0.05, 0.1) is 6.61 Å². The van der Waals surface area contributed by atoms with Crippen LogP contribution >= 0.6 is 0 Å². The van der Waals surface area contributed by atoms with Gasteiger partial charge >= 0.3 is 0 Å². The second kappa shape index (κ2) is 6.16. The van der Waals surface area contributed by atoms with Crippen molar-refractivity contribution in [3.63, 3.8) is 0 Å². The third kappa shape index (κ3) is 3.69. The van der Waals surface area contributed by atoms with Gasteiger partial charge in [0, 0.05) is 14.2 Å². The first-order chi connectivity index (χ1) is 7.27. The molecule has 1 N–H and O–H groups in total. The van der Waals surface area contributed by atoms with Crippen LogP contribution in [-0.2, 0) is 20.9 Å². The molecule has 0 aliphatic heterocycles. The Labute approximate surface area is 89.2 Å². The largest absolute Gasteiger partial charge is 0.355 e. The molecule has 4 nitrogen and oxygen atoms in total. The fraction of sp³-hybridized carbons (Fsp3) is 0.364. The minimum Gasteiger partial charge on any atom is -0.355 e. The average molecular weight is 209 g/mol. The van der Waals surface area contributed by atoms with Gasteiger partial charge in [0.2, 0.25) is 6.29 Å². The quantitative estimate of drug-likeness (QED) is 0.734. The van der Waals surface area contributed by atoms with Crippen LogP contribution in [0, 0.1) is 0 Å². The molecule has 0 radical (unpaired) electrons. The fourth-order valence-electron chi connectivity index (χ4n) is 1.11. The highest BCUT2D eigenvalue weighted by Crippen LogP contribution is 2.03. The van der Waals surface area contributed by atoms with Crippen molar-refractivity contribution in [1.29, 1.82) is 0 Å². The van der Waals surface area contributed by atoms with Crippen LogP contribution in [0.2, 0.25) is 0 Å². The molecule has 0 bridgehead atoms. The predicted molar refractivity (Wildman–Crippen MR) is 56.1 cm³/mol. The minimum atomic E-state index is -0.852. The number of rotatable bonds is 5. The third-order valence-corrected chi connectivity index (χ3v) is 1.92. The molecule has 0 saturated heterocycles. The average Bonchev–Trinajstić information content (AvgIpc) is 2.31. The molecule has 0 fully saturated rings. The lowest BCUT2D eigenvalue weighted by atomic mass is 10.2. The SMILES string of the molecule is CNC(=O)C(OC)OCc1ccccc1. The molecule has 82 valence electrons. The summed E-state index contributed by atoms with van der Waals surface area (Å²) in [4.78, 5) is 11.2. The molecular formula is C11H15NO3. The second-order valence-corrected chi connectivity index (χ2v) is 2.98. The van der Waals surface area contributed by atoms with Crippen molar-refractivity contribution >= 4 is 5.91 Å². The topological polar surface area (TPSA) is 47.6 Å². The smallest absolute Gasteiger partial charge is 0.276 e. The molecule has 0 aliphatic rings. The first kappa shape index (κ1) is 11.7. The zero-order chi connectivity index (χ0) is 11.1. The molecule has 1 unspecified atom stereocenters. The van der Waals surface area contributed by atoms with Gasteiger partial charge in [-0.05, 0) is 5.56 Å². The van der Waals surface area contributed by atoms with Crippen LogP contribution in [0.1, 0.15) is 5.56 Å². The third-order valence-electron chi connectivity index (χ3n) is 1.92. The number of nitrogens with one attached hydrogen (secondary N) is 1. The highest BCUT2D eigenvalue weighted by Gasteiger charge is 2.16. The van der Waals surface area contributed by atoms with Crippen LogP contribution in [0.4, 0.5) is 0 Å². The van der Waals surface area contributed by atoms with Crippen LogP contribution in [0.25, 0.3) is 0 Å². The molecule has 1 aromatic rings. The minimum absolute atomic E-state index is 0.284. The van der Waals surface area contributed by atoms with Gasteiger partial charge in [-0.15, -0.1) is 0 Å². The zero-order valence-corrected chi connectivity index (χ0v) is 8.90. The Bertz CT molecular complexity index is 300. The van der Waals surface area contributed by atoms with E-state index < -0.39 is 6.29 Å². The molecule has 0 spiro atoms. The molecule has 0 aromatic heterocycles. The summed E-state index contributed by atoms with van der Waals surface area (Å²) in [5, 5.41) is 2.46. The Balaban J connectivity index is 2.44. The standard InChI is InChI=1S/C11H15NO3/c1-12-10(13)11(14-2)15-8-9-6-4-3-5-7-9/h3-7,11H,8H2,1-2H3,(H,12,13). The fourth-order valence-corrected chi connectivity index (χ4v) is 1.11. The van der Waals surface area contributed by atoms with Crippen molar-refractivity contribution in [3.05, 3.63) is 35.9 Å². The normalized spacial score (nSPS) is 12.1. The molecule has 0 aliphatic carbocycles. The molecule has 1 atom stereocenters. The maximum Gasteiger partial charge on any atom is 0.276 e. The Morgan fingerprint density at radius 1 is 1.40 bits per heavy atom. The van der Waals surface area contributed by atoms with E-state index in [2.05, 4.69) is 5.32 Å². The summed E-state index contributed by atoms with van der Waals surface area (Å²) in [5.74, 6) is -0.284. The molecule has 1 aromatic carbocycles. The summed E-state index contributed by atoms with van der Waals surface area (Å²) in [6.45, 7) is 0.354. The summed E-state index contributed by atoms with van der Waals surface area (Å²) in [5.41, 5.74) is 1.00. The summed E-state index contributed by atoms with van der Waals surface area (Å²) in [6, 6.07) is 9.62. The lowest BCUT2D eigenvalue weighted by Gasteiger charge is -2.14. The highest BCUT2D eigenvalue weighted by atomic mass is 16.7. The van der Waals surface area contributed by atoms with Gasteiger partial charge < -0.3 is 14.8 Å². The van der Waals surface area contributed by atoms with E-state index in [4.69, 9.17) is 9.47 Å². The molecular weight excluding hydrogens is 194 g/mol. The highest BCUT2D eigenvalue weighted by molar-refractivity contribution is 5.79. The Hall–Kier alpha value is -1.39. The van der Waals surface area contributed by atoms with Crippen LogP contribution in [0.15, 0.2) is 30.3 Å². The van der Waals surface area contributed by atoms with E-state index in [1.165, 1.54) is 7.11 Å². The number of ether oxygens (including phenoxy) is 2. The predicted octanol–water partition coefficient (Wildman–Crippen LogP) is 0.922. The van der Waals surface area contributed by atoms with Gasteiger partial charge in [-0.25, -0.2) is 0 Å². The van der Waals surface area contributed by atoms with E-state index in [-0.39, 0.29) is 5.91 Å². The number of methoxy groups -OCH3 is 1. The number of likely N-dealkylation sites (N-methyl/N-ethyl adjacent to an activating group) is 1. The van der Waals surface area contributed by atoms with E-state index in [1.807, 2.05) is 30.3 Å². The monoisotopic (exact) mass is 209 g/mol. The van der Waals surface area contributed by atoms with E-state index in [0.29, 0.717) is 6.61 Å². The maximum atomic E-state index is 11.2. The second-order valence-electron chi connectivity index (χ2n) is 2.98. The summed E-state index contributed by atoms with van der Waals surface area (Å²) >= 11 is 0. The van der Waals surface area contributed by atoms with Crippen LogP contribution in [-0.4, -0.2) is 26.4 Å². The lowest BCUT2D eigenvalue weighted by molar-refractivity contribution is -0.167. The summed E-state index contributed by atoms with van der Waals surface area (Å²) in [7, 11) is 2.98. The van der Waals surface area contributed by atoms with Gasteiger partial charge in [0.1, 0.15) is 0 Å². The first-order valence-electron chi connectivity index (χ1n) is 4.68. The summed E-state index contributed by atoms with van der Waals surface area (Å²) in [6.07, 6.45) is -0.852. The van der Waals surface area contributed by atoms with Gasteiger partial charge in [-0.1, -0.05) is 30.3 Å². The van der Waals surface area contributed by atoms with Crippen LogP contribution in [0.5, 0.6) is 0 Å². The van der Waals surface area contributed by atoms with Gasteiger partial charge in [-0.3, -0.25) is 4.79 Å². The van der Waals surface area contributed by atoms with E-state index in [0.717, 1.165) is 5.56 Å². The van der Waals surface area contributed by atoms with E-state index in [9.17, 15) is 4.79 Å². The molecule has 0 heterocycles. The van der Waals surface area contributed by atoms with Crippen molar-refractivity contribution in [2.45, 2.75) is 12.9 Å². The van der Waals surface area contributed by atoms with Crippen molar-refractivity contribution in [3.8, 4) is 0 Å². The van der Waals surface area contributed by atoms with Crippen molar-refractivity contribution in [1.82, 2.24) is 5.32 Å². The number of benzene rings is 1.